The molecule has 0 saturated carbocycles. The third kappa shape index (κ3) is 10.3. The molecule has 3 aromatic carbocycles. The Balaban J connectivity index is 1.42. The van der Waals surface area contributed by atoms with Crippen molar-refractivity contribution in [1.82, 2.24) is 15.1 Å². The van der Waals surface area contributed by atoms with Gasteiger partial charge >= 0.3 is 5.97 Å². The van der Waals surface area contributed by atoms with Gasteiger partial charge in [0.15, 0.2) is 0 Å². The molecule has 0 bridgehead atoms. The van der Waals surface area contributed by atoms with Crippen LogP contribution in [0.1, 0.15) is 60.0 Å². The fourth-order valence-electron chi connectivity index (χ4n) is 5.40. The summed E-state index contributed by atoms with van der Waals surface area (Å²) in [6, 6.07) is 23.7. The zero-order chi connectivity index (χ0) is 30.4. The Bertz CT molecular complexity index is 1370. The summed E-state index contributed by atoms with van der Waals surface area (Å²) in [7, 11) is 1.40. The zero-order valence-electron chi connectivity index (χ0n) is 25.0. The molecule has 3 aromatic rings. The number of likely N-dealkylation sites (tertiary alicyclic amines) is 1. The maximum atomic E-state index is 13.5. The maximum Gasteiger partial charge on any atom is 0.305 e. The van der Waals surface area contributed by atoms with Gasteiger partial charge in [-0.3, -0.25) is 14.4 Å². The largest absolute Gasteiger partial charge is 0.469 e. The zero-order valence-corrected chi connectivity index (χ0v) is 26.6. The van der Waals surface area contributed by atoms with Gasteiger partial charge in [-0.15, -0.1) is 0 Å². The predicted octanol–water partition coefficient (Wildman–Crippen LogP) is 6.25. The monoisotopic (exact) mass is 647 g/mol. The summed E-state index contributed by atoms with van der Waals surface area (Å²) in [4.78, 5) is 42.1. The van der Waals surface area contributed by atoms with Crippen LogP contribution in [0, 0.1) is 0 Å². The van der Waals surface area contributed by atoms with Gasteiger partial charge in [-0.1, -0.05) is 70.9 Å². The highest BCUT2D eigenvalue weighted by atomic mass is 79.9. The van der Waals surface area contributed by atoms with Crippen molar-refractivity contribution >= 4 is 33.7 Å². The van der Waals surface area contributed by atoms with Crippen molar-refractivity contribution in [2.45, 2.75) is 51.5 Å². The molecule has 8 heteroatoms. The molecule has 0 radical (unpaired) electrons. The SMILES string of the molecule is COC(=O)CCCCCN(Cc1cccc(-c2cccc(C(=O)NCCN3CCCC3)c2)c1)C(=O)Cc1ccccc1Br. The highest BCUT2D eigenvalue weighted by molar-refractivity contribution is 9.10. The number of benzene rings is 3. The van der Waals surface area contributed by atoms with Gasteiger partial charge in [-0.2, -0.15) is 0 Å². The highest BCUT2D eigenvalue weighted by Crippen LogP contribution is 2.24. The molecule has 2 amide bonds. The van der Waals surface area contributed by atoms with E-state index in [0.29, 0.717) is 38.0 Å². The molecule has 0 atom stereocenters. The number of hydrogen-bond donors (Lipinski definition) is 1. The first-order valence-corrected chi connectivity index (χ1v) is 16.0. The van der Waals surface area contributed by atoms with Crippen molar-refractivity contribution in [2.75, 3.05) is 39.8 Å². The number of esters is 1. The van der Waals surface area contributed by atoms with Crippen LogP contribution in [0.25, 0.3) is 11.1 Å². The number of methoxy groups -OCH3 is 1. The van der Waals surface area contributed by atoms with E-state index in [1.807, 2.05) is 71.6 Å². The second-order valence-electron chi connectivity index (χ2n) is 11.1. The number of carbonyl (C=O) groups excluding carboxylic acids is 3. The molecule has 0 aliphatic carbocycles. The van der Waals surface area contributed by atoms with Crippen LogP contribution in [0.3, 0.4) is 0 Å². The van der Waals surface area contributed by atoms with Crippen LogP contribution in [0.15, 0.2) is 77.3 Å². The number of ether oxygens (including phenoxy) is 1. The molecule has 0 unspecified atom stereocenters. The summed E-state index contributed by atoms with van der Waals surface area (Å²) in [6.45, 7) is 4.83. The second kappa shape index (κ2) is 17.0. The molecule has 1 N–H and O–H groups in total. The number of hydrogen-bond acceptors (Lipinski definition) is 5. The molecule has 7 nitrogen and oxygen atoms in total. The third-order valence-corrected chi connectivity index (χ3v) is 8.63. The topological polar surface area (TPSA) is 79.0 Å². The van der Waals surface area contributed by atoms with E-state index >= 15 is 0 Å². The molecule has 0 spiro atoms. The van der Waals surface area contributed by atoms with E-state index in [0.717, 1.165) is 65.6 Å². The minimum Gasteiger partial charge on any atom is -0.469 e. The van der Waals surface area contributed by atoms with Gasteiger partial charge in [-0.05, 0) is 85.3 Å². The summed E-state index contributed by atoms with van der Waals surface area (Å²) >= 11 is 3.57. The van der Waals surface area contributed by atoms with Gasteiger partial charge in [0, 0.05) is 42.6 Å². The summed E-state index contributed by atoms with van der Waals surface area (Å²) in [6.07, 6.45) is 5.54. The fraction of sp³-hybridized carbons (Fsp3) is 0.400. The lowest BCUT2D eigenvalue weighted by molar-refractivity contribution is -0.140. The molecule has 4 rings (SSSR count). The van der Waals surface area contributed by atoms with Gasteiger partial charge in [0.25, 0.3) is 5.91 Å². The van der Waals surface area contributed by atoms with Crippen LogP contribution >= 0.6 is 15.9 Å². The molecular formula is C35H42BrN3O4. The third-order valence-electron chi connectivity index (χ3n) is 7.86. The van der Waals surface area contributed by atoms with Gasteiger partial charge in [-0.25, -0.2) is 0 Å². The van der Waals surface area contributed by atoms with Crippen molar-refractivity contribution < 1.29 is 19.1 Å². The molecule has 0 aromatic heterocycles. The number of nitrogens with one attached hydrogen (secondary N) is 1. The summed E-state index contributed by atoms with van der Waals surface area (Å²) in [5, 5.41) is 3.06. The molecule has 1 fully saturated rings. The quantitative estimate of drug-likeness (QED) is 0.156. The van der Waals surface area contributed by atoms with E-state index in [2.05, 4.69) is 32.2 Å². The number of halogens is 1. The number of amides is 2. The predicted molar refractivity (Wildman–Crippen MR) is 174 cm³/mol. The Kier molecular flexibility index (Phi) is 12.8. The average molecular weight is 649 g/mol. The normalized spacial score (nSPS) is 13.1. The molecule has 1 saturated heterocycles. The molecule has 1 heterocycles. The van der Waals surface area contributed by atoms with E-state index in [1.54, 1.807) is 0 Å². The summed E-state index contributed by atoms with van der Waals surface area (Å²) < 4.78 is 5.66. The first-order valence-electron chi connectivity index (χ1n) is 15.2. The van der Waals surface area contributed by atoms with E-state index in [4.69, 9.17) is 4.74 Å². The first-order chi connectivity index (χ1) is 20.9. The molecule has 1 aliphatic rings. The maximum absolute atomic E-state index is 13.5. The van der Waals surface area contributed by atoms with Gasteiger partial charge in [0.05, 0.1) is 13.5 Å². The lowest BCUT2D eigenvalue weighted by atomic mass is 10.0. The Morgan fingerprint density at radius 2 is 1.65 bits per heavy atom. The van der Waals surface area contributed by atoms with E-state index < -0.39 is 0 Å². The smallest absolute Gasteiger partial charge is 0.305 e. The fourth-order valence-corrected chi connectivity index (χ4v) is 5.83. The molecular weight excluding hydrogens is 606 g/mol. The van der Waals surface area contributed by atoms with E-state index in [9.17, 15) is 14.4 Å². The minimum absolute atomic E-state index is 0.0536. The van der Waals surface area contributed by atoms with Crippen LogP contribution in [0.5, 0.6) is 0 Å². The van der Waals surface area contributed by atoms with Crippen LogP contribution in [0.2, 0.25) is 0 Å². The van der Waals surface area contributed by atoms with E-state index in [1.165, 1.54) is 20.0 Å². The van der Waals surface area contributed by atoms with Crippen molar-refractivity contribution in [3.63, 3.8) is 0 Å². The van der Waals surface area contributed by atoms with Gasteiger partial charge < -0.3 is 19.9 Å². The highest BCUT2D eigenvalue weighted by Gasteiger charge is 2.17. The number of nitrogens with zero attached hydrogens (tertiary/aromatic N) is 2. The second-order valence-corrected chi connectivity index (χ2v) is 11.9. The van der Waals surface area contributed by atoms with Crippen LogP contribution in [0.4, 0.5) is 0 Å². The average Bonchev–Trinajstić information content (AvgIpc) is 3.55. The lowest BCUT2D eigenvalue weighted by Gasteiger charge is -2.24. The Morgan fingerprint density at radius 3 is 2.42 bits per heavy atom. The number of rotatable bonds is 15. The van der Waals surface area contributed by atoms with E-state index in [-0.39, 0.29) is 17.8 Å². The molecule has 43 heavy (non-hydrogen) atoms. The van der Waals surface area contributed by atoms with Crippen molar-refractivity contribution in [3.8, 4) is 11.1 Å². The number of carbonyl (C=O) groups is 3. The first kappa shape index (κ1) is 32.4. The van der Waals surface area contributed by atoms with Crippen LogP contribution in [-0.2, 0) is 27.3 Å². The molecule has 1 aliphatic heterocycles. The Morgan fingerprint density at radius 1 is 0.907 bits per heavy atom. The molecule has 228 valence electrons. The van der Waals surface area contributed by atoms with Crippen LogP contribution in [-0.4, -0.2) is 67.4 Å². The summed E-state index contributed by atoms with van der Waals surface area (Å²) in [5.41, 5.74) is 4.57. The van der Waals surface area contributed by atoms with Crippen molar-refractivity contribution in [1.29, 1.82) is 0 Å². The lowest BCUT2D eigenvalue weighted by Crippen LogP contribution is -2.33. The standard InChI is InChI=1S/C35H42BrN3O4/c1-43-34(41)17-3-2-6-21-39(33(40)25-30-12-4-5-16-32(30)36)26-27-11-9-13-28(23-27)29-14-10-15-31(24-29)35(42)37-18-22-38-19-7-8-20-38/h4-5,9-16,23-24H,2-3,6-8,17-22,25-26H2,1H3,(H,37,42). The Labute approximate surface area is 263 Å². The van der Waals surface area contributed by atoms with Gasteiger partial charge in [0.1, 0.15) is 0 Å². The van der Waals surface area contributed by atoms with Crippen LogP contribution < -0.4 is 5.32 Å². The van der Waals surface area contributed by atoms with Gasteiger partial charge in [0.2, 0.25) is 5.91 Å². The minimum atomic E-state index is -0.206. The Hall–Kier alpha value is -3.49. The summed E-state index contributed by atoms with van der Waals surface area (Å²) in [5.74, 6) is -0.214. The van der Waals surface area contributed by atoms with Crippen molar-refractivity contribution in [3.05, 3.63) is 94.0 Å². The number of unbranched alkanes of at least 4 members (excludes halogenated alkanes) is 2. The van der Waals surface area contributed by atoms with Crippen molar-refractivity contribution in [2.24, 2.45) is 0 Å².